The van der Waals surface area contributed by atoms with Crippen LogP contribution in [0.2, 0.25) is 0 Å². The van der Waals surface area contributed by atoms with Gasteiger partial charge in [0, 0.05) is 11.4 Å². The summed E-state index contributed by atoms with van der Waals surface area (Å²) in [5.41, 5.74) is 1.27. The first-order chi connectivity index (χ1) is 14.0. The number of carbonyl (C=O) groups is 3. The molecule has 0 aliphatic heterocycles. The predicted octanol–water partition coefficient (Wildman–Crippen LogP) is 3.51. The molecule has 3 rings (SSSR count). The lowest BCUT2D eigenvalue weighted by Crippen LogP contribution is -2.18. The maximum absolute atomic E-state index is 13.0. The molecule has 8 heteroatoms. The average Bonchev–Trinajstić information content (AvgIpc) is 2.75. The summed E-state index contributed by atoms with van der Waals surface area (Å²) in [4.78, 5) is 40.3. The first-order valence-corrected chi connectivity index (χ1v) is 8.50. The third-order valence-corrected chi connectivity index (χ3v) is 3.88. The van der Waals surface area contributed by atoms with E-state index in [9.17, 15) is 18.8 Å². The summed E-state index contributed by atoms with van der Waals surface area (Å²) in [5.74, 6) is -1.95. The van der Waals surface area contributed by atoms with Gasteiger partial charge in [0.2, 0.25) is 0 Å². The van der Waals surface area contributed by atoms with Gasteiger partial charge in [-0.05, 0) is 60.7 Å². The Balaban J connectivity index is 1.69. The lowest BCUT2D eigenvalue weighted by atomic mass is 10.2. The molecule has 0 aliphatic rings. The van der Waals surface area contributed by atoms with E-state index in [2.05, 4.69) is 20.4 Å². The number of aromatic nitrogens is 1. The number of anilines is 2. The van der Waals surface area contributed by atoms with Gasteiger partial charge in [-0.15, -0.1) is 0 Å². The molecule has 0 fully saturated rings. The van der Waals surface area contributed by atoms with E-state index in [1.165, 1.54) is 61.7 Å². The molecule has 0 bridgehead atoms. The molecule has 7 nitrogen and oxygen atoms in total. The Labute approximate surface area is 165 Å². The zero-order chi connectivity index (χ0) is 20.8. The number of nitrogens with zero attached hydrogens (tertiary/aromatic N) is 1. The van der Waals surface area contributed by atoms with E-state index >= 15 is 0 Å². The number of nitrogens with one attached hydrogen (secondary N) is 2. The highest BCUT2D eigenvalue weighted by Gasteiger charge is 2.13. The molecular weight excluding hydrogens is 377 g/mol. The van der Waals surface area contributed by atoms with E-state index in [1.54, 1.807) is 12.1 Å². The molecule has 0 unspecified atom stereocenters. The molecule has 0 saturated heterocycles. The number of pyridine rings is 1. The van der Waals surface area contributed by atoms with Gasteiger partial charge in [0.15, 0.2) is 0 Å². The number of hydrogen-bond donors (Lipinski definition) is 2. The van der Waals surface area contributed by atoms with Gasteiger partial charge in [-0.2, -0.15) is 0 Å². The van der Waals surface area contributed by atoms with Crippen LogP contribution in [0.5, 0.6) is 0 Å². The second-order valence-electron chi connectivity index (χ2n) is 5.89. The first-order valence-electron chi connectivity index (χ1n) is 8.50. The maximum Gasteiger partial charge on any atom is 0.337 e. The van der Waals surface area contributed by atoms with Crippen LogP contribution in [-0.4, -0.2) is 29.9 Å². The van der Waals surface area contributed by atoms with Gasteiger partial charge in [0.05, 0.1) is 12.7 Å². The van der Waals surface area contributed by atoms with Crippen LogP contribution in [0.1, 0.15) is 31.3 Å². The monoisotopic (exact) mass is 393 g/mol. The summed E-state index contributed by atoms with van der Waals surface area (Å²) >= 11 is 0. The van der Waals surface area contributed by atoms with Gasteiger partial charge in [-0.1, -0.05) is 6.07 Å². The average molecular weight is 393 g/mol. The lowest BCUT2D eigenvalue weighted by molar-refractivity contribution is 0.0600. The summed E-state index contributed by atoms with van der Waals surface area (Å²) in [6.07, 6.45) is 0. The smallest absolute Gasteiger partial charge is 0.337 e. The standard InChI is InChI=1S/C21H16FN3O4/c1-29-21(28)13-5-9-15(10-6-13)23-19(26)17-3-2-4-18(25-17)20(27)24-16-11-7-14(22)8-12-16/h2-12H,1H3,(H,23,26)(H,24,27). The van der Waals surface area contributed by atoms with Crippen LogP contribution in [0.4, 0.5) is 15.8 Å². The minimum atomic E-state index is -0.534. The molecular formula is C21H16FN3O4. The summed E-state index contributed by atoms with van der Waals surface area (Å²) in [6.45, 7) is 0. The number of methoxy groups -OCH3 is 1. The van der Waals surface area contributed by atoms with Gasteiger partial charge in [0.25, 0.3) is 11.8 Å². The van der Waals surface area contributed by atoms with Crippen molar-refractivity contribution in [1.82, 2.24) is 4.98 Å². The van der Waals surface area contributed by atoms with Gasteiger partial charge in [0.1, 0.15) is 17.2 Å². The third-order valence-electron chi connectivity index (χ3n) is 3.88. The number of esters is 1. The van der Waals surface area contributed by atoms with E-state index in [4.69, 9.17) is 0 Å². The Bertz CT molecular complexity index is 1050. The minimum absolute atomic E-state index is 0.0306. The maximum atomic E-state index is 13.0. The molecule has 0 radical (unpaired) electrons. The Morgan fingerprint density at radius 3 is 1.76 bits per heavy atom. The fourth-order valence-corrected chi connectivity index (χ4v) is 2.42. The van der Waals surface area contributed by atoms with Crippen molar-refractivity contribution >= 4 is 29.2 Å². The Kier molecular flexibility index (Phi) is 5.94. The van der Waals surface area contributed by atoms with Crippen molar-refractivity contribution in [3.05, 3.63) is 89.5 Å². The number of benzene rings is 2. The fraction of sp³-hybridized carbons (Fsp3) is 0.0476. The highest BCUT2D eigenvalue weighted by Crippen LogP contribution is 2.13. The lowest BCUT2D eigenvalue weighted by Gasteiger charge is -2.08. The number of ether oxygens (including phenoxy) is 1. The van der Waals surface area contributed by atoms with Crippen LogP contribution in [0.3, 0.4) is 0 Å². The summed E-state index contributed by atoms with van der Waals surface area (Å²) in [7, 11) is 1.28. The Hall–Kier alpha value is -4.07. The number of halogens is 1. The zero-order valence-electron chi connectivity index (χ0n) is 15.3. The van der Waals surface area contributed by atoms with Crippen molar-refractivity contribution in [2.24, 2.45) is 0 Å². The van der Waals surface area contributed by atoms with Crippen LogP contribution in [0.25, 0.3) is 0 Å². The van der Waals surface area contributed by atoms with Gasteiger partial charge >= 0.3 is 5.97 Å². The number of amides is 2. The molecule has 29 heavy (non-hydrogen) atoms. The highest BCUT2D eigenvalue weighted by atomic mass is 19.1. The van der Waals surface area contributed by atoms with Crippen molar-refractivity contribution < 1.29 is 23.5 Å². The topological polar surface area (TPSA) is 97.4 Å². The number of carbonyl (C=O) groups excluding carboxylic acids is 3. The molecule has 3 aromatic rings. The van der Waals surface area contributed by atoms with Crippen LogP contribution in [0, 0.1) is 5.82 Å². The van der Waals surface area contributed by atoms with Gasteiger partial charge < -0.3 is 15.4 Å². The largest absolute Gasteiger partial charge is 0.465 e. The summed E-state index contributed by atoms with van der Waals surface area (Å²) < 4.78 is 17.6. The third kappa shape index (κ3) is 5.01. The van der Waals surface area contributed by atoms with Crippen molar-refractivity contribution in [1.29, 1.82) is 0 Å². The van der Waals surface area contributed by atoms with Crippen LogP contribution < -0.4 is 10.6 Å². The second kappa shape index (κ2) is 8.75. The molecule has 1 aromatic heterocycles. The summed E-state index contributed by atoms with van der Waals surface area (Å²) in [5, 5.41) is 5.22. The van der Waals surface area contributed by atoms with Gasteiger partial charge in [-0.25, -0.2) is 14.2 Å². The first kappa shape index (κ1) is 19.7. The Morgan fingerprint density at radius 2 is 1.28 bits per heavy atom. The van der Waals surface area contributed by atoms with Gasteiger partial charge in [-0.3, -0.25) is 9.59 Å². The van der Waals surface area contributed by atoms with Crippen molar-refractivity contribution in [2.75, 3.05) is 17.7 Å². The van der Waals surface area contributed by atoms with E-state index < -0.39 is 23.6 Å². The van der Waals surface area contributed by atoms with Crippen molar-refractivity contribution in [3.63, 3.8) is 0 Å². The minimum Gasteiger partial charge on any atom is -0.465 e. The molecule has 2 amide bonds. The SMILES string of the molecule is COC(=O)c1ccc(NC(=O)c2cccc(C(=O)Nc3ccc(F)cc3)n2)cc1. The molecule has 2 aromatic carbocycles. The number of rotatable bonds is 5. The molecule has 0 spiro atoms. The molecule has 0 aliphatic carbocycles. The summed E-state index contributed by atoms with van der Waals surface area (Å²) in [6, 6.07) is 15.9. The highest BCUT2D eigenvalue weighted by molar-refractivity contribution is 6.06. The van der Waals surface area contributed by atoms with E-state index in [0.717, 1.165) is 0 Å². The van der Waals surface area contributed by atoms with E-state index in [1.807, 2.05) is 0 Å². The van der Waals surface area contributed by atoms with Crippen LogP contribution in [0.15, 0.2) is 66.7 Å². The molecule has 2 N–H and O–H groups in total. The predicted molar refractivity (Wildman–Crippen MR) is 104 cm³/mol. The quantitative estimate of drug-likeness (QED) is 0.647. The normalized spacial score (nSPS) is 10.1. The van der Waals surface area contributed by atoms with E-state index in [-0.39, 0.29) is 11.4 Å². The second-order valence-corrected chi connectivity index (χ2v) is 5.89. The fourth-order valence-electron chi connectivity index (χ4n) is 2.42. The van der Waals surface area contributed by atoms with Crippen LogP contribution in [-0.2, 0) is 4.74 Å². The van der Waals surface area contributed by atoms with Crippen molar-refractivity contribution in [2.45, 2.75) is 0 Å². The van der Waals surface area contributed by atoms with Crippen molar-refractivity contribution in [3.8, 4) is 0 Å². The van der Waals surface area contributed by atoms with E-state index in [0.29, 0.717) is 16.9 Å². The molecule has 146 valence electrons. The number of hydrogen-bond acceptors (Lipinski definition) is 5. The Morgan fingerprint density at radius 1 is 0.793 bits per heavy atom. The van der Waals surface area contributed by atoms with Crippen LogP contribution >= 0.6 is 0 Å². The molecule has 0 atom stereocenters. The zero-order valence-corrected chi connectivity index (χ0v) is 15.3. The molecule has 0 saturated carbocycles. The molecule has 1 heterocycles.